The van der Waals surface area contributed by atoms with E-state index in [0.717, 1.165) is 12.8 Å². The molecular weight excluding hydrogens is 242 g/mol. The minimum absolute atomic E-state index is 0.0160. The number of hydrogen-bond donors (Lipinski definition) is 2. The largest absolute Gasteiger partial charge is 0.481 e. The van der Waals surface area contributed by atoms with Gasteiger partial charge in [-0.2, -0.15) is 0 Å². The standard InChI is InChI=1S/C11H19NO4S/c1-8(7-11(14)15)6-10(13)12-9-2-4-17(16)5-3-9/h8-9H,2-7H2,1H3,(H,12,13)(H,14,15). The van der Waals surface area contributed by atoms with Crippen molar-refractivity contribution in [3.63, 3.8) is 0 Å². The highest BCUT2D eigenvalue weighted by molar-refractivity contribution is 7.85. The van der Waals surface area contributed by atoms with E-state index in [4.69, 9.17) is 5.11 Å². The van der Waals surface area contributed by atoms with Crippen LogP contribution >= 0.6 is 0 Å². The lowest BCUT2D eigenvalue weighted by Crippen LogP contribution is -2.40. The van der Waals surface area contributed by atoms with Crippen LogP contribution in [-0.4, -0.2) is 38.7 Å². The number of hydrogen-bond acceptors (Lipinski definition) is 3. The van der Waals surface area contributed by atoms with Crippen LogP contribution in [0.25, 0.3) is 0 Å². The second-order valence-electron chi connectivity index (χ2n) is 4.60. The monoisotopic (exact) mass is 261 g/mol. The number of carbonyl (C=O) groups excluding carboxylic acids is 1. The summed E-state index contributed by atoms with van der Waals surface area (Å²) in [5.41, 5.74) is 0. The Morgan fingerprint density at radius 3 is 2.47 bits per heavy atom. The summed E-state index contributed by atoms with van der Waals surface area (Å²) in [5.74, 6) is 0.172. The van der Waals surface area contributed by atoms with Crippen LogP contribution in [0.3, 0.4) is 0 Å². The van der Waals surface area contributed by atoms with Crippen molar-refractivity contribution in [1.29, 1.82) is 0 Å². The lowest BCUT2D eigenvalue weighted by atomic mass is 10.0. The topological polar surface area (TPSA) is 83.5 Å². The molecule has 0 radical (unpaired) electrons. The van der Waals surface area contributed by atoms with Gasteiger partial charge < -0.3 is 10.4 Å². The predicted molar refractivity (Wildman–Crippen MR) is 65.1 cm³/mol. The van der Waals surface area contributed by atoms with E-state index < -0.39 is 16.8 Å². The highest BCUT2D eigenvalue weighted by Gasteiger charge is 2.20. The average Bonchev–Trinajstić information content (AvgIpc) is 2.19. The van der Waals surface area contributed by atoms with Crippen LogP contribution in [0.4, 0.5) is 0 Å². The van der Waals surface area contributed by atoms with E-state index in [-0.39, 0.29) is 30.7 Å². The molecule has 1 fully saturated rings. The minimum Gasteiger partial charge on any atom is -0.481 e. The maximum atomic E-state index is 11.6. The fourth-order valence-corrected chi connectivity index (χ4v) is 3.21. The molecule has 1 saturated heterocycles. The first-order chi connectivity index (χ1) is 7.97. The summed E-state index contributed by atoms with van der Waals surface area (Å²) in [5, 5.41) is 11.5. The third kappa shape index (κ3) is 5.81. The van der Waals surface area contributed by atoms with Gasteiger partial charge in [-0.1, -0.05) is 6.92 Å². The molecule has 6 heteroatoms. The molecule has 0 aromatic heterocycles. The molecule has 17 heavy (non-hydrogen) atoms. The van der Waals surface area contributed by atoms with Gasteiger partial charge in [0.05, 0.1) is 0 Å². The van der Waals surface area contributed by atoms with Gasteiger partial charge in [-0.05, 0) is 18.8 Å². The number of carbonyl (C=O) groups is 2. The van der Waals surface area contributed by atoms with Gasteiger partial charge >= 0.3 is 5.97 Å². The van der Waals surface area contributed by atoms with E-state index in [9.17, 15) is 13.8 Å². The Kier molecular flexibility index (Phi) is 5.61. The van der Waals surface area contributed by atoms with Crippen molar-refractivity contribution in [1.82, 2.24) is 5.32 Å². The van der Waals surface area contributed by atoms with Gasteiger partial charge in [0.15, 0.2) is 0 Å². The Hall–Kier alpha value is -0.910. The van der Waals surface area contributed by atoms with Crippen LogP contribution < -0.4 is 5.32 Å². The van der Waals surface area contributed by atoms with Gasteiger partial charge in [-0.25, -0.2) is 0 Å². The minimum atomic E-state index is -0.877. The first kappa shape index (κ1) is 14.2. The number of aliphatic carboxylic acids is 1. The maximum absolute atomic E-state index is 11.6. The molecule has 1 rings (SSSR count). The zero-order chi connectivity index (χ0) is 12.8. The number of carboxylic acids is 1. The molecule has 1 aliphatic heterocycles. The Morgan fingerprint density at radius 2 is 1.94 bits per heavy atom. The van der Waals surface area contributed by atoms with Crippen molar-refractivity contribution < 1.29 is 18.9 Å². The molecule has 1 amide bonds. The molecule has 0 aromatic rings. The van der Waals surface area contributed by atoms with E-state index in [0.29, 0.717) is 11.5 Å². The van der Waals surface area contributed by atoms with Crippen LogP contribution in [0.15, 0.2) is 0 Å². The summed E-state index contributed by atoms with van der Waals surface area (Å²) < 4.78 is 11.1. The van der Waals surface area contributed by atoms with Gasteiger partial charge in [-0.15, -0.1) is 0 Å². The third-order valence-electron chi connectivity index (χ3n) is 2.81. The van der Waals surface area contributed by atoms with Gasteiger partial charge in [-0.3, -0.25) is 13.8 Å². The molecule has 1 unspecified atom stereocenters. The molecule has 1 heterocycles. The molecule has 5 nitrogen and oxygen atoms in total. The van der Waals surface area contributed by atoms with Crippen LogP contribution in [0, 0.1) is 5.92 Å². The van der Waals surface area contributed by atoms with E-state index in [1.165, 1.54) is 0 Å². The van der Waals surface area contributed by atoms with Gasteiger partial charge in [0.2, 0.25) is 5.91 Å². The van der Waals surface area contributed by atoms with Crippen LogP contribution in [-0.2, 0) is 20.4 Å². The first-order valence-electron chi connectivity index (χ1n) is 5.83. The summed E-state index contributed by atoms with van der Waals surface area (Å²) in [6.45, 7) is 1.75. The maximum Gasteiger partial charge on any atom is 0.303 e. The molecular formula is C11H19NO4S. The van der Waals surface area contributed by atoms with Crippen molar-refractivity contribution in [3.05, 3.63) is 0 Å². The zero-order valence-electron chi connectivity index (χ0n) is 9.98. The van der Waals surface area contributed by atoms with Crippen molar-refractivity contribution >= 4 is 22.7 Å². The lowest BCUT2D eigenvalue weighted by molar-refractivity contribution is -0.138. The third-order valence-corrected chi connectivity index (χ3v) is 4.19. The normalized spacial score (nSPS) is 26.2. The molecule has 2 N–H and O–H groups in total. The second-order valence-corrected chi connectivity index (χ2v) is 6.29. The van der Waals surface area contributed by atoms with Gasteiger partial charge in [0, 0.05) is 41.2 Å². The summed E-state index contributed by atoms with van der Waals surface area (Å²) in [7, 11) is -0.723. The Morgan fingerprint density at radius 1 is 1.35 bits per heavy atom. The van der Waals surface area contributed by atoms with Crippen LogP contribution in [0.1, 0.15) is 32.6 Å². The molecule has 0 aliphatic carbocycles. The average molecular weight is 261 g/mol. The fourth-order valence-electron chi connectivity index (χ4n) is 1.91. The number of carboxylic acid groups (broad SMARTS) is 1. The summed E-state index contributed by atoms with van der Waals surface area (Å²) in [6.07, 6.45) is 1.77. The molecule has 1 atom stereocenters. The van der Waals surface area contributed by atoms with E-state index >= 15 is 0 Å². The van der Waals surface area contributed by atoms with E-state index in [1.54, 1.807) is 6.92 Å². The van der Waals surface area contributed by atoms with Crippen molar-refractivity contribution in [2.24, 2.45) is 5.92 Å². The SMILES string of the molecule is CC(CC(=O)O)CC(=O)NC1CCS(=O)CC1. The van der Waals surface area contributed by atoms with E-state index in [1.807, 2.05) is 0 Å². The van der Waals surface area contributed by atoms with Crippen LogP contribution in [0.2, 0.25) is 0 Å². The summed E-state index contributed by atoms with van der Waals surface area (Å²) in [4.78, 5) is 22.1. The molecule has 0 bridgehead atoms. The predicted octanol–water partition coefficient (Wildman–Crippen LogP) is 0.515. The lowest BCUT2D eigenvalue weighted by Gasteiger charge is -2.23. The number of rotatable bonds is 5. The molecule has 98 valence electrons. The smallest absolute Gasteiger partial charge is 0.303 e. The highest BCUT2D eigenvalue weighted by Crippen LogP contribution is 2.11. The summed E-state index contributed by atoms with van der Waals surface area (Å²) in [6, 6.07) is 0.109. The number of nitrogens with one attached hydrogen (secondary N) is 1. The quantitative estimate of drug-likeness (QED) is 0.755. The van der Waals surface area contributed by atoms with Crippen LogP contribution in [0.5, 0.6) is 0 Å². The first-order valence-corrected chi connectivity index (χ1v) is 7.32. The Labute approximate surface area is 103 Å². The summed E-state index contributed by atoms with van der Waals surface area (Å²) >= 11 is 0. The van der Waals surface area contributed by atoms with Gasteiger partial charge in [0.1, 0.15) is 0 Å². The number of amides is 1. The molecule has 0 saturated carbocycles. The van der Waals surface area contributed by atoms with Crippen molar-refractivity contribution in [2.45, 2.75) is 38.6 Å². The zero-order valence-corrected chi connectivity index (χ0v) is 10.8. The molecule has 1 aliphatic rings. The van der Waals surface area contributed by atoms with E-state index in [2.05, 4.69) is 5.32 Å². The second kappa shape index (κ2) is 6.74. The van der Waals surface area contributed by atoms with Crippen molar-refractivity contribution in [2.75, 3.05) is 11.5 Å². The van der Waals surface area contributed by atoms with Crippen molar-refractivity contribution in [3.8, 4) is 0 Å². The molecule has 0 aromatic carbocycles. The fraction of sp³-hybridized carbons (Fsp3) is 0.818. The molecule has 0 spiro atoms. The highest BCUT2D eigenvalue weighted by atomic mass is 32.2. The van der Waals surface area contributed by atoms with Gasteiger partial charge in [0.25, 0.3) is 0 Å². The Bertz CT molecular complexity index is 309. The Balaban J connectivity index is 2.24.